The first-order valence-electron chi connectivity index (χ1n) is 8.65. The van der Waals surface area contributed by atoms with Crippen LogP contribution in [-0.4, -0.2) is 40.1 Å². The molecule has 6 nitrogen and oxygen atoms in total. The molecule has 2 amide bonds. The predicted octanol–water partition coefficient (Wildman–Crippen LogP) is 1.90. The first-order valence-corrected chi connectivity index (χ1v) is 9.53. The summed E-state index contributed by atoms with van der Waals surface area (Å²) in [7, 11) is 0. The highest BCUT2D eigenvalue weighted by Gasteiger charge is 2.39. The number of amides is 2. The van der Waals surface area contributed by atoms with Gasteiger partial charge in [0.25, 0.3) is 5.91 Å². The molecular formula is C17H23N3O3S. The fraction of sp³-hybridized carbons (Fsp3) is 0.647. The number of carbonyl (C=O) groups excluding carboxylic acids is 3. The Morgan fingerprint density at radius 1 is 1.25 bits per heavy atom. The van der Waals surface area contributed by atoms with E-state index in [9.17, 15) is 14.4 Å². The standard InChI is InChI=1S/C17H23N3O3S/c21-15-7-6-13(20(15)11-14-18-8-9-24-14)16(22)17(23)19-10-12-4-2-1-3-5-12/h8-9,12-13H,1-7,10-11H2,(H,19,23). The van der Waals surface area contributed by atoms with Crippen LogP contribution in [0.4, 0.5) is 0 Å². The van der Waals surface area contributed by atoms with Gasteiger partial charge in [-0.25, -0.2) is 4.98 Å². The van der Waals surface area contributed by atoms with Crippen LogP contribution in [0.1, 0.15) is 50.0 Å². The Kier molecular flexibility index (Phi) is 5.60. The number of carbonyl (C=O) groups is 3. The van der Waals surface area contributed by atoms with Crippen molar-refractivity contribution in [2.24, 2.45) is 5.92 Å². The number of hydrogen-bond acceptors (Lipinski definition) is 5. The molecule has 0 bridgehead atoms. The summed E-state index contributed by atoms with van der Waals surface area (Å²) in [5, 5.41) is 5.40. The Morgan fingerprint density at radius 3 is 2.75 bits per heavy atom. The summed E-state index contributed by atoms with van der Waals surface area (Å²) in [4.78, 5) is 42.4. The molecule has 1 aliphatic heterocycles. The second-order valence-corrected chi connectivity index (χ2v) is 7.56. The molecule has 130 valence electrons. The monoisotopic (exact) mass is 349 g/mol. The van der Waals surface area contributed by atoms with E-state index in [1.165, 1.54) is 35.5 Å². The van der Waals surface area contributed by atoms with E-state index < -0.39 is 17.7 Å². The van der Waals surface area contributed by atoms with Gasteiger partial charge in [-0.2, -0.15) is 0 Å². The molecule has 1 atom stereocenters. The molecule has 1 unspecified atom stereocenters. The normalized spacial score (nSPS) is 21.9. The minimum atomic E-state index is -0.646. The van der Waals surface area contributed by atoms with Gasteiger partial charge >= 0.3 is 0 Å². The Morgan fingerprint density at radius 2 is 2.04 bits per heavy atom. The van der Waals surface area contributed by atoms with E-state index in [1.54, 1.807) is 6.20 Å². The molecule has 3 rings (SSSR count). The van der Waals surface area contributed by atoms with E-state index in [1.807, 2.05) is 5.38 Å². The van der Waals surface area contributed by atoms with Crippen LogP contribution < -0.4 is 5.32 Å². The number of Topliss-reactive ketones (excluding diaryl/α,β-unsaturated/α-hetero) is 1. The van der Waals surface area contributed by atoms with Crippen LogP contribution in [0.2, 0.25) is 0 Å². The topological polar surface area (TPSA) is 79.4 Å². The third-order valence-electron chi connectivity index (χ3n) is 4.92. The smallest absolute Gasteiger partial charge is 0.289 e. The highest BCUT2D eigenvalue weighted by atomic mass is 32.1. The molecular weight excluding hydrogens is 326 g/mol. The molecule has 0 spiro atoms. The summed E-state index contributed by atoms with van der Waals surface area (Å²) in [5.74, 6) is -0.645. The van der Waals surface area contributed by atoms with Crippen molar-refractivity contribution in [3.63, 3.8) is 0 Å². The van der Waals surface area contributed by atoms with Gasteiger partial charge in [0.05, 0.1) is 6.54 Å². The number of nitrogens with zero attached hydrogens (tertiary/aromatic N) is 2. The molecule has 1 aliphatic carbocycles. The van der Waals surface area contributed by atoms with E-state index in [0.717, 1.165) is 17.8 Å². The van der Waals surface area contributed by atoms with Gasteiger partial charge in [0.2, 0.25) is 11.7 Å². The van der Waals surface area contributed by atoms with E-state index >= 15 is 0 Å². The van der Waals surface area contributed by atoms with Gasteiger partial charge < -0.3 is 10.2 Å². The number of aromatic nitrogens is 1. The van der Waals surface area contributed by atoms with Crippen molar-refractivity contribution in [3.05, 3.63) is 16.6 Å². The van der Waals surface area contributed by atoms with Gasteiger partial charge in [-0.05, 0) is 25.2 Å². The molecule has 1 saturated heterocycles. The third-order valence-corrected chi connectivity index (χ3v) is 5.68. The van der Waals surface area contributed by atoms with Crippen molar-refractivity contribution >= 4 is 28.9 Å². The van der Waals surface area contributed by atoms with Gasteiger partial charge in [-0.15, -0.1) is 11.3 Å². The Hall–Kier alpha value is -1.76. The largest absolute Gasteiger partial charge is 0.349 e. The molecule has 2 aliphatic rings. The number of hydrogen-bond donors (Lipinski definition) is 1. The van der Waals surface area contributed by atoms with Crippen LogP contribution in [0.5, 0.6) is 0 Å². The summed E-state index contributed by atoms with van der Waals surface area (Å²) in [6, 6.07) is -0.646. The maximum absolute atomic E-state index is 12.5. The number of nitrogens with one attached hydrogen (secondary N) is 1. The minimum absolute atomic E-state index is 0.0800. The minimum Gasteiger partial charge on any atom is -0.349 e. The lowest BCUT2D eigenvalue weighted by Crippen LogP contribution is -2.46. The zero-order valence-corrected chi connectivity index (χ0v) is 14.5. The Labute approximate surface area is 145 Å². The van der Waals surface area contributed by atoms with E-state index in [2.05, 4.69) is 10.3 Å². The zero-order valence-electron chi connectivity index (χ0n) is 13.7. The van der Waals surface area contributed by atoms with Crippen LogP contribution >= 0.6 is 11.3 Å². The fourth-order valence-corrected chi connectivity index (χ4v) is 4.16. The van der Waals surface area contributed by atoms with Crippen molar-refractivity contribution in [1.29, 1.82) is 0 Å². The van der Waals surface area contributed by atoms with Crippen LogP contribution in [-0.2, 0) is 20.9 Å². The van der Waals surface area contributed by atoms with Crippen molar-refractivity contribution in [3.8, 4) is 0 Å². The SMILES string of the molecule is O=C(NCC1CCCCC1)C(=O)C1CCC(=O)N1Cc1nccs1. The first-order chi connectivity index (χ1) is 11.6. The lowest BCUT2D eigenvalue weighted by atomic mass is 9.89. The summed E-state index contributed by atoms with van der Waals surface area (Å²) < 4.78 is 0. The summed E-state index contributed by atoms with van der Waals surface area (Å²) in [5.41, 5.74) is 0. The highest BCUT2D eigenvalue weighted by Crippen LogP contribution is 2.24. The molecule has 1 saturated carbocycles. The lowest BCUT2D eigenvalue weighted by Gasteiger charge is -2.24. The Balaban J connectivity index is 1.55. The summed E-state index contributed by atoms with van der Waals surface area (Å²) >= 11 is 1.45. The molecule has 0 radical (unpaired) electrons. The maximum atomic E-state index is 12.5. The molecule has 24 heavy (non-hydrogen) atoms. The van der Waals surface area contributed by atoms with Gasteiger partial charge in [-0.1, -0.05) is 19.3 Å². The average Bonchev–Trinajstić information content (AvgIpc) is 3.24. The average molecular weight is 349 g/mol. The third kappa shape index (κ3) is 4.01. The number of ketones is 1. The van der Waals surface area contributed by atoms with Crippen molar-refractivity contribution < 1.29 is 14.4 Å². The number of rotatable bonds is 6. The molecule has 1 aromatic rings. The lowest BCUT2D eigenvalue weighted by molar-refractivity contribution is -0.143. The molecule has 7 heteroatoms. The molecule has 1 aromatic heterocycles. The first kappa shape index (κ1) is 17.1. The summed E-state index contributed by atoms with van der Waals surface area (Å²) in [6.45, 7) is 0.876. The van der Waals surface area contributed by atoms with E-state index in [0.29, 0.717) is 31.8 Å². The fourth-order valence-electron chi connectivity index (χ4n) is 3.55. The van der Waals surface area contributed by atoms with E-state index in [4.69, 9.17) is 0 Å². The number of thiazole rings is 1. The maximum Gasteiger partial charge on any atom is 0.289 e. The highest BCUT2D eigenvalue weighted by molar-refractivity contribution is 7.09. The van der Waals surface area contributed by atoms with E-state index in [-0.39, 0.29) is 5.91 Å². The predicted molar refractivity (Wildman–Crippen MR) is 90.3 cm³/mol. The van der Waals surface area contributed by atoms with Gasteiger partial charge in [0, 0.05) is 24.5 Å². The second kappa shape index (κ2) is 7.88. The Bertz CT molecular complexity index is 596. The second-order valence-electron chi connectivity index (χ2n) is 6.58. The molecule has 0 aromatic carbocycles. The van der Waals surface area contributed by atoms with Gasteiger partial charge in [-0.3, -0.25) is 14.4 Å². The van der Waals surface area contributed by atoms with Gasteiger partial charge in [0.1, 0.15) is 11.0 Å². The van der Waals surface area contributed by atoms with Crippen LogP contribution in [0.15, 0.2) is 11.6 Å². The van der Waals surface area contributed by atoms with Crippen LogP contribution in [0, 0.1) is 5.92 Å². The summed E-state index contributed by atoms with van der Waals surface area (Å²) in [6.07, 6.45) is 8.31. The van der Waals surface area contributed by atoms with Crippen molar-refractivity contribution in [2.75, 3.05) is 6.54 Å². The molecule has 2 fully saturated rings. The number of likely N-dealkylation sites (tertiary alicyclic amines) is 1. The molecule has 1 N–H and O–H groups in total. The van der Waals surface area contributed by atoms with Crippen LogP contribution in [0.25, 0.3) is 0 Å². The van der Waals surface area contributed by atoms with Crippen molar-refractivity contribution in [2.45, 2.75) is 57.5 Å². The van der Waals surface area contributed by atoms with Crippen molar-refractivity contribution in [1.82, 2.24) is 15.2 Å². The van der Waals surface area contributed by atoms with Crippen LogP contribution in [0.3, 0.4) is 0 Å². The molecule has 2 heterocycles. The zero-order chi connectivity index (χ0) is 16.9. The van der Waals surface area contributed by atoms with Gasteiger partial charge in [0.15, 0.2) is 0 Å². The quantitative estimate of drug-likeness (QED) is 0.796.